The summed E-state index contributed by atoms with van der Waals surface area (Å²) in [5.74, 6) is 0.0820. The molecule has 0 amide bonds. The highest BCUT2D eigenvalue weighted by atomic mass is 16.5. The van der Waals surface area contributed by atoms with Gasteiger partial charge in [-0.2, -0.15) is 0 Å². The molecule has 0 saturated heterocycles. The summed E-state index contributed by atoms with van der Waals surface area (Å²) in [6.45, 7) is 0.153. The van der Waals surface area contributed by atoms with Gasteiger partial charge >= 0.3 is 5.97 Å². The number of aliphatic carboxylic acids is 1. The van der Waals surface area contributed by atoms with Crippen molar-refractivity contribution in [1.82, 2.24) is 0 Å². The summed E-state index contributed by atoms with van der Waals surface area (Å²) < 4.78 is 5.67. The smallest absolute Gasteiger partial charge is 0.313 e. The number of carbonyl (C=O) groups is 1. The lowest BCUT2D eigenvalue weighted by molar-refractivity contribution is -0.151. The van der Waals surface area contributed by atoms with Gasteiger partial charge in [-0.15, -0.1) is 0 Å². The van der Waals surface area contributed by atoms with E-state index in [2.05, 4.69) is 0 Å². The first kappa shape index (κ1) is 13.5. The Kier molecular flexibility index (Phi) is 3.29. The lowest BCUT2D eigenvalue weighted by atomic mass is 9.75. The molecule has 0 bridgehead atoms. The zero-order valence-corrected chi connectivity index (χ0v) is 11.5. The molecule has 4 heteroatoms. The minimum absolute atomic E-state index is 0.153. The Balaban J connectivity index is 1.91. The fourth-order valence-corrected chi connectivity index (χ4v) is 2.75. The predicted octanol–water partition coefficient (Wildman–Crippen LogP) is 2.64. The minimum atomic E-state index is -0.967. The lowest BCUT2D eigenvalue weighted by Crippen LogP contribution is -2.43. The van der Waals surface area contributed by atoms with Crippen molar-refractivity contribution in [3.63, 3.8) is 0 Å². The van der Waals surface area contributed by atoms with Crippen molar-refractivity contribution >= 4 is 5.97 Å². The lowest BCUT2D eigenvalue weighted by Gasteiger charge is -2.34. The van der Waals surface area contributed by atoms with Crippen LogP contribution in [0.1, 0.15) is 11.1 Å². The molecule has 0 radical (unpaired) electrons. The maximum absolute atomic E-state index is 11.8. The third-order valence-corrected chi connectivity index (χ3v) is 3.94. The number of phenolic OH excluding ortho intramolecular Hbond substituents is 1. The number of benzene rings is 2. The molecule has 1 atom stereocenters. The molecular weight excluding hydrogens is 268 g/mol. The quantitative estimate of drug-likeness (QED) is 0.909. The molecule has 2 aromatic carbocycles. The molecule has 2 N–H and O–H groups in total. The van der Waals surface area contributed by atoms with Crippen molar-refractivity contribution in [3.8, 4) is 11.5 Å². The van der Waals surface area contributed by atoms with Gasteiger partial charge in [0.05, 0.1) is 0 Å². The van der Waals surface area contributed by atoms with E-state index in [4.69, 9.17) is 4.74 Å². The molecule has 0 aromatic heterocycles. The first-order valence-corrected chi connectivity index (χ1v) is 6.81. The zero-order valence-electron chi connectivity index (χ0n) is 11.5. The van der Waals surface area contributed by atoms with E-state index in [0.29, 0.717) is 12.8 Å². The van der Waals surface area contributed by atoms with E-state index < -0.39 is 11.4 Å². The molecule has 21 heavy (non-hydrogen) atoms. The Hall–Kier alpha value is -2.49. The van der Waals surface area contributed by atoms with Crippen LogP contribution in [0.5, 0.6) is 11.5 Å². The SMILES string of the molecule is O=C(O)C1(Cc2ccc(O)cc2)COc2ccccc2C1. The van der Waals surface area contributed by atoms with Crippen molar-refractivity contribution in [2.24, 2.45) is 5.41 Å². The van der Waals surface area contributed by atoms with E-state index >= 15 is 0 Å². The second kappa shape index (κ2) is 5.13. The van der Waals surface area contributed by atoms with Crippen molar-refractivity contribution in [1.29, 1.82) is 0 Å². The van der Waals surface area contributed by atoms with Crippen LogP contribution < -0.4 is 4.74 Å². The Labute approximate surface area is 122 Å². The van der Waals surface area contributed by atoms with Crippen LogP contribution in [0.2, 0.25) is 0 Å². The van der Waals surface area contributed by atoms with Crippen LogP contribution in [0.3, 0.4) is 0 Å². The van der Waals surface area contributed by atoms with Crippen molar-refractivity contribution in [3.05, 3.63) is 59.7 Å². The third-order valence-electron chi connectivity index (χ3n) is 3.94. The van der Waals surface area contributed by atoms with Gasteiger partial charge in [-0.1, -0.05) is 30.3 Å². The summed E-state index contributed by atoms with van der Waals surface area (Å²) in [5, 5.41) is 19.0. The van der Waals surface area contributed by atoms with Gasteiger partial charge in [0.1, 0.15) is 23.5 Å². The molecule has 1 heterocycles. The molecule has 2 aromatic rings. The number of carboxylic acid groups (broad SMARTS) is 1. The largest absolute Gasteiger partial charge is 0.508 e. The van der Waals surface area contributed by atoms with Gasteiger partial charge in [0.2, 0.25) is 0 Å². The first-order chi connectivity index (χ1) is 10.1. The van der Waals surface area contributed by atoms with E-state index in [1.807, 2.05) is 24.3 Å². The molecule has 0 aliphatic carbocycles. The number of ether oxygens (including phenoxy) is 1. The number of phenols is 1. The topological polar surface area (TPSA) is 66.8 Å². The average molecular weight is 284 g/mol. The third kappa shape index (κ3) is 2.57. The molecular formula is C17H16O4. The van der Waals surface area contributed by atoms with E-state index in [9.17, 15) is 15.0 Å². The van der Waals surface area contributed by atoms with Crippen LogP contribution in [0.15, 0.2) is 48.5 Å². The molecule has 1 unspecified atom stereocenters. The molecule has 0 fully saturated rings. The van der Waals surface area contributed by atoms with Crippen LogP contribution >= 0.6 is 0 Å². The molecule has 0 saturated carbocycles. The Bertz CT molecular complexity index is 663. The summed E-state index contributed by atoms with van der Waals surface area (Å²) >= 11 is 0. The molecule has 1 aliphatic heterocycles. The highest BCUT2D eigenvalue weighted by molar-refractivity contribution is 5.76. The van der Waals surface area contributed by atoms with Gasteiger partial charge in [0, 0.05) is 0 Å². The second-order valence-corrected chi connectivity index (χ2v) is 5.50. The fraction of sp³-hybridized carbons (Fsp3) is 0.235. The van der Waals surface area contributed by atoms with E-state index in [1.165, 1.54) is 0 Å². The van der Waals surface area contributed by atoms with Crippen LogP contribution in [0, 0.1) is 5.41 Å². The summed E-state index contributed by atoms with van der Waals surface area (Å²) in [6, 6.07) is 14.2. The maximum atomic E-state index is 11.8. The molecule has 108 valence electrons. The highest BCUT2D eigenvalue weighted by Gasteiger charge is 2.43. The zero-order chi connectivity index (χ0) is 14.9. The van der Waals surface area contributed by atoms with Gasteiger partial charge in [0.25, 0.3) is 0 Å². The molecule has 4 nitrogen and oxygen atoms in total. The summed E-state index contributed by atoms with van der Waals surface area (Å²) in [6.07, 6.45) is 0.816. The normalized spacial score (nSPS) is 20.4. The summed E-state index contributed by atoms with van der Waals surface area (Å²) in [7, 11) is 0. The Morgan fingerprint density at radius 3 is 2.57 bits per heavy atom. The number of fused-ring (bicyclic) bond motifs is 1. The molecule has 1 aliphatic rings. The van der Waals surface area contributed by atoms with Crippen LogP contribution in [0.25, 0.3) is 0 Å². The predicted molar refractivity (Wildman–Crippen MR) is 77.5 cm³/mol. The van der Waals surface area contributed by atoms with Gasteiger partial charge in [-0.05, 0) is 42.2 Å². The van der Waals surface area contributed by atoms with Crippen molar-refractivity contribution in [2.45, 2.75) is 12.8 Å². The van der Waals surface area contributed by atoms with Crippen LogP contribution in [-0.2, 0) is 17.6 Å². The molecule has 0 spiro atoms. The number of aromatic hydroxyl groups is 1. The standard InChI is InChI=1S/C17H16O4/c18-14-7-5-12(6-8-14)9-17(16(19)20)10-13-3-1-2-4-15(13)21-11-17/h1-8,18H,9-11H2,(H,19,20). The molecule has 3 rings (SSSR count). The number of para-hydroxylation sites is 1. The summed E-state index contributed by atoms with van der Waals surface area (Å²) in [5.41, 5.74) is 0.828. The highest BCUT2D eigenvalue weighted by Crippen LogP contribution is 2.37. The second-order valence-electron chi connectivity index (χ2n) is 5.50. The van der Waals surface area contributed by atoms with Crippen molar-refractivity contribution < 1.29 is 19.7 Å². The summed E-state index contributed by atoms with van der Waals surface area (Å²) in [4.78, 5) is 11.8. The number of hydrogen-bond donors (Lipinski definition) is 2. The number of rotatable bonds is 3. The number of carboxylic acids is 1. The van der Waals surface area contributed by atoms with E-state index in [-0.39, 0.29) is 12.4 Å². The van der Waals surface area contributed by atoms with E-state index in [0.717, 1.165) is 16.9 Å². The van der Waals surface area contributed by atoms with Gasteiger partial charge in [-0.25, -0.2) is 0 Å². The van der Waals surface area contributed by atoms with Gasteiger partial charge in [-0.3, -0.25) is 4.79 Å². The Morgan fingerprint density at radius 1 is 1.14 bits per heavy atom. The van der Waals surface area contributed by atoms with Gasteiger partial charge in [0.15, 0.2) is 0 Å². The van der Waals surface area contributed by atoms with E-state index in [1.54, 1.807) is 24.3 Å². The minimum Gasteiger partial charge on any atom is -0.508 e. The van der Waals surface area contributed by atoms with Crippen molar-refractivity contribution in [2.75, 3.05) is 6.61 Å². The fourth-order valence-electron chi connectivity index (χ4n) is 2.75. The van der Waals surface area contributed by atoms with Crippen LogP contribution in [-0.4, -0.2) is 22.8 Å². The number of hydrogen-bond acceptors (Lipinski definition) is 3. The first-order valence-electron chi connectivity index (χ1n) is 6.81. The average Bonchev–Trinajstić information content (AvgIpc) is 2.49. The Morgan fingerprint density at radius 2 is 1.86 bits per heavy atom. The van der Waals surface area contributed by atoms with Crippen LogP contribution in [0.4, 0.5) is 0 Å². The van der Waals surface area contributed by atoms with Gasteiger partial charge < -0.3 is 14.9 Å². The maximum Gasteiger partial charge on any atom is 0.313 e. The monoisotopic (exact) mass is 284 g/mol.